The number of hydrogen-bond donors (Lipinski definition) is 2. The molecule has 3 unspecified atom stereocenters. The lowest BCUT2D eigenvalue weighted by molar-refractivity contribution is -0.130. The summed E-state index contributed by atoms with van der Waals surface area (Å²) in [5.74, 6) is 0.0265. The van der Waals surface area contributed by atoms with Crippen molar-refractivity contribution >= 4 is 50.5 Å². The van der Waals surface area contributed by atoms with E-state index in [1.165, 1.54) is 0 Å². The third-order valence-electron chi connectivity index (χ3n) is 6.67. The fourth-order valence-electron chi connectivity index (χ4n) is 5.00. The van der Waals surface area contributed by atoms with Gasteiger partial charge in [-0.3, -0.25) is 9.69 Å². The number of fused-ring (bicyclic) bond motifs is 4. The number of hydrogen-bond acceptors (Lipinski definition) is 3. The Hall–Kier alpha value is -2.90. The lowest BCUT2D eigenvalue weighted by Crippen LogP contribution is -2.72. The predicted molar refractivity (Wildman–Crippen MR) is 143 cm³/mol. The second-order valence-electron chi connectivity index (χ2n) is 9.22. The van der Waals surface area contributed by atoms with E-state index < -0.39 is 11.6 Å². The first-order valence-corrected chi connectivity index (χ1v) is 12.4. The van der Waals surface area contributed by atoms with Crippen LogP contribution in [0.5, 0.6) is 5.75 Å². The van der Waals surface area contributed by atoms with Gasteiger partial charge >= 0.3 is 0 Å². The van der Waals surface area contributed by atoms with Crippen LogP contribution >= 0.6 is 28.1 Å². The molecule has 1 amide bonds. The second kappa shape index (κ2) is 8.40. The molecule has 2 N–H and O–H groups in total. The van der Waals surface area contributed by atoms with Gasteiger partial charge in [-0.15, -0.1) is 0 Å². The minimum absolute atomic E-state index is 0.128. The molecule has 0 aromatic heterocycles. The molecule has 5 rings (SSSR count). The van der Waals surface area contributed by atoms with Gasteiger partial charge in [0, 0.05) is 21.4 Å². The number of nitrogens with one attached hydrogen (secondary N) is 2. The molecule has 3 aromatic carbocycles. The highest BCUT2D eigenvalue weighted by Gasteiger charge is 2.59. The van der Waals surface area contributed by atoms with E-state index in [1.54, 1.807) is 0 Å². The van der Waals surface area contributed by atoms with Crippen molar-refractivity contribution in [1.29, 1.82) is 0 Å². The smallest absolute Gasteiger partial charge is 0.236 e. The fraction of sp³-hybridized carbons (Fsp3) is 0.259. The first kappa shape index (κ1) is 22.9. The molecule has 2 heterocycles. The van der Waals surface area contributed by atoms with Crippen LogP contribution in [0.25, 0.3) is 0 Å². The molecule has 5 nitrogen and oxygen atoms in total. The van der Waals surface area contributed by atoms with Crippen molar-refractivity contribution in [3.8, 4) is 5.75 Å². The molecule has 0 radical (unpaired) electrons. The molecule has 1 saturated heterocycles. The Morgan fingerprint density at radius 3 is 2.47 bits per heavy atom. The zero-order valence-electron chi connectivity index (χ0n) is 19.5. The Morgan fingerprint density at radius 1 is 1.06 bits per heavy atom. The minimum atomic E-state index is -1.04. The SMILES string of the molecule is Cc1ccc(N2C(=S)NC3c4cc(Br)ccc4OC2(C)C3C(=O)Nc2ccc(C)cc2C)cc1. The van der Waals surface area contributed by atoms with Crippen molar-refractivity contribution in [1.82, 2.24) is 5.32 Å². The Kier molecular flexibility index (Phi) is 5.65. The van der Waals surface area contributed by atoms with E-state index in [2.05, 4.69) is 32.6 Å². The van der Waals surface area contributed by atoms with Crippen LogP contribution in [-0.4, -0.2) is 16.7 Å². The molecule has 34 heavy (non-hydrogen) atoms. The fourth-order valence-corrected chi connectivity index (χ4v) is 5.79. The Bertz CT molecular complexity index is 1310. The van der Waals surface area contributed by atoms with Crippen LogP contribution < -0.4 is 20.3 Å². The summed E-state index contributed by atoms with van der Waals surface area (Å²) in [7, 11) is 0. The Balaban J connectivity index is 1.63. The highest BCUT2D eigenvalue weighted by molar-refractivity contribution is 9.10. The van der Waals surface area contributed by atoms with Gasteiger partial charge in [-0.1, -0.05) is 51.3 Å². The topological polar surface area (TPSA) is 53.6 Å². The largest absolute Gasteiger partial charge is 0.467 e. The van der Waals surface area contributed by atoms with Gasteiger partial charge in [0.05, 0.1) is 6.04 Å². The number of carbonyl (C=O) groups excluding carboxylic acids is 1. The maximum atomic E-state index is 13.9. The van der Waals surface area contributed by atoms with Gasteiger partial charge in [0.25, 0.3) is 0 Å². The summed E-state index contributed by atoms with van der Waals surface area (Å²) in [5.41, 5.74) is 4.84. The van der Waals surface area contributed by atoms with Crippen LogP contribution in [-0.2, 0) is 4.79 Å². The maximum absolute atomic E-state index is 13.9. The van der Waals surface area contributed by atoms with Gasteiger partial charge in [0.15, 0.2) is 10.8 Å². The van der Waals surface area contributed by atoms with Crippen molar-refractivity contribution in [2.45, 2.75) is 39.5 Å². The van der Waals surface area contributed by atoms with Crippen molar-refractivity contribution in [2.24, 2.45) is 5.92 Å². The number of benzene rings is 3. The van der Waals surface area contributed by atoms with Gasteiger partial charge in [0.2, 0.25) is 5.91 Å². The summed E-state index contributed by atoms with van der Waals surface area (Å²) in [6.07, 6.45) is 0. The molecular formula is C27H26BrN3O2S. The van der Waals surface area contributed by atoms with E-state index in [4.69, 9.17) is 17.0 Å². The summed E-state index contributed by atoms with van der Waals surface area (Å²) in [5, 5.41) is 7.14. The van der Waals surface area contributed by atoms with Crippen LogP contribution in [0.3, 0.4) is 0 Å². The quantitative estimate of drug-likeness (QED) is 0.392. The van der Waals surface area contributed by atoms with Crippen LogP contribution in [0.2, 0.25) is 0 Å². The molecule has 0 spiro atoms. The molecule has 2 aliphatic rings. The average Bonchev–Trinajstić information content (AvgIpc) is 2.77. The minimum Gasteiger partial charge on any atom is -0.467 e. The van der Waals surface area contributed by atoms with E-state index >= 15 is 0 Å². The second-order valence-corrected chi connectivity index (χ2v) is 10.5. The van der Waals surface area contributed by atoms with Crippen molar-refractivity contribution in [3.05, 3.63) is 87.4 Å². The molecular weight excluding hydrogens is 510 g/mol. The van der Waals surface area contributed by atoms with E-state index in [1.807, 2.05) is 87.2 Å². The number of thiocarbonyl (C=S) groups is 1. The summed E-state index contributed by atoms with van der Waals surface area (Å²) in [6, 6.07) is 19.6. The molecule has 0 aliphatic carbocycles. The lowest BCUT2D eigenvalue weighted by atomic mass is 9.78. The summed E-state index contributed by atoms with van der Waals surface area (Å²) in [4.78, 5) is 15.9. The molecule has 0 saturated carbocycles. The monoisotopic (exact) mass is 535 g/mol. The van der Waals surface area contributed by atoms with Gasteiger partial charge in [-0.05, 0) is 81.9 Å². The van der Waals surface area contributed by atoms with Gasteiger partial charge < -0.3 is 15.4 Å². The first-order valence-electron chi connectivity index (χ1n) is 11.2. The van der Waals surface area contributed by atoms with Gasteiger partial charge in [-0.2, -0.15) is 0 Å². The number of ether oxygens (including phenoxy) is 1. The molecule has 7 heteroatoms. The Morgan fingerprint density at radius 2 is 1.76 bits per heavy atom. The molecule has 174 valence electrons. The molecule has 2 aliphatic heterocycles. The van der Waals surface area contributed by atoms with E-state index in [0.717, 1.165) is 43.9 Å². The summed E-state index contributed by atoms with van der Waals surface area (Å²) in [6.45, 7) is 8.03. The highest BCUT2D eigenvalue weighted by Crippen LogP contribution is 2.50. The van der Waals surface area contributed by atoms with Gasteiger partial charge in [0.1, 0.15) is 11.7 Å². The number of aryl methyl sites for hydroxylation is 3. The molecule has 3 aromatic rings. The molecule has 2 bridgehead atoms. The maximum Gasteiger partial charge on any atom is 0.236 e. The Labute approximate surface area is 213 Å². The number of halogens is 1. The third-order valence-corrected chi connectivity index (χ3v) is 7.47. The number of rotatable bonds is 3. The lowest BCUT2D eigenvalue weighted by Gasteiger charge is -2.56. The highest BCUT2D eigenvalue weighted by atomic mass is 79.9. The average molecular weight is 536 g/mol. The van der Waals surface area contributed by atoms with E-state index in [0.29, 0.717) is 5.11 Å². The van der Waals surface area contributed by atoms with Crippen LogP contribution in [0.1, 0.15) is 35.2 Å². The normalized spacial score (nSPS) is 23.0. The zero-order chi connectivity index (χ0) is 24.2. The number of anilines is 2. The predicted octanol–water partition coefficient (Wildman–Crippen LogP) is 6.17. The zero-order valence-corrected chi connectivity index (χ0v) is 21.9. The van der Waals surface area contributed by atoms with E-state index in [-0.39, 0.29) is 11.9 Å². The van der Waals surface area contributed by atoms with Crippen molar-refractivity contribution in [2.75, 3.05) is 10.2 Å². The number of carbonyl (C=O) groups is 1. The van der Waals surface area contributed by atoms with Crippen LogP contribution in [0, 0.1) is 26.7 Å². The summed E-state index contributed by atoms with van der Waals surface area (Å²) >= 11 is 9.39. The van der Waals surface area contributed by atoms with Gasteiger partial charge in [-0.25, -0.2) is 0 Å². The van der Waals surface area contributed by atoms with Crippen LogP contribution in [0.15, 0.2) is 65.1 Å². The van der Waals surface area contributed by atoms with Crippen LogP contribution in [0.4, 0.5) is 11.4 Å². The molecule has 1 fully saturated rings. The number of amides is 1. The van der Waals surface area contributed by atoms with Crippen molar-refractivity contribution < 1.29 is 9.53 Å². The summed E-state index contributed by atoms with van der Waals surface area (Å²) < 4.78 is 7.57. The standard InChI is InChI=1S/C27H26BrN3O2S/c1-15-5-9-19(10-6-15)31-26(34)30-24-20-14-18(28)8-12-22(20)33-27(31,4)23(24)25(32)29-21-11-7-16(2)13-17(21)3/h5-14,23-24H,1-4H3,(H,29,32)(H,30,34). The first-order chi connectivity index (χ1) is 16.2. The number of nitrogens with zero attached hydrogens (tertiary/aromatic N) is 1. The van der Waals surface area contributed by atoms with Crippen molar-refractivity contribution in [3.63, 3.8) is 0 Å². The molecule has 3 atom stereocenters. The third kappa shape index (κ3) is 3.77. The van der Waals surface area contributed by atoms with E-state index in [9.17, 15) is 4.79 Å².